The van der Waals surface area contributed by atoms with Crippen LogP contribution in [0.2, 0.25) is 0 Å². The number of nitrogens with one attached hydrogen (secondary N) is 4. The lowest BCUT2D eigenvalue weighted by Gasteiger charge is -2.34. The van der Waals surface area contributed by atoms with Gasteiger partial charge in [-0.05, 0) is 86.8 Å². The summed E-state index contributed by atoms with van der Waals surface area (Å²) in [6.45, 7) is 28.1. The normalized spacial score (nSPS) is 13.3. The number of ether oxygens (including phenoxy) is 1. The molecule has 8 amide bonds. The van der Waals surface area contributed by atoms with Crippen molar-refractivity contribution in [3.05, 3.63) is 215 Å². The molecule has 0 aliphatic heterocycles. The molecule has 0 bridgehead atoms. The standard InChI is InChI=1S/C16H25NO2.C15H21FN2O.C15H23NO2.2C14H21NO2.C12H17FN2O/c1-6-16(2,3)15(18)17(4)14(12-19-5)13-10-8-7-9-11-13;1-18(11-12-7-5-6-10-14(12)16)15(19)17-13-8-3-2-4-9-13;1-5-15(2,3)14(18)16(4)13(11-17)12-9-7-6-8-10-12;2*1-4-14(2,3)13(17)15-12(10-16)11-8-6-5-7-9-11;1-9(2)14-12(16)15(3)8-10-6-4-5-7-11(10)13/h7-11,14H,6,12H2,1-5H3;5-7,10,13H,2-4,8-9,11H2,1H3,(H,17,19);6-10,13,17H,5,11H2,1-4H3;2*5-9,12,16H,4,10H2,1-3H3,(H,15,17);4-7,9H,8H2,1-3H3,(H,14,16)/t;;;2*12-;/m...00./s1. The van der Waals surface area contributed by atoms with Gasteiger partial charge in [0.05, 0.1) is 50.6 Å². The first kappa shape index (κ1) is 93.5. The van der Waals surface area contributed by atoms with E-state index in [1.165, 1.54) is 41.2 Å². The molecular formula is C86H128F2N8O10. The summed E-state index contributed by atoms with van der Waals surface area (Å²) in [5.74, 6) is -0.383. The number of amides is 8. The fourth-order valence-corrected chi connectivity index (χ4v) is 10.6. The van der Waals surface area contributed by atoms with E-state index >= 15 is 0 Å². The fourth-order valence-electron chi connectivity index (χ4n) is 10.6. The molecule has 2 unspecified atom stereocenters. The Bertz CT molecular complexity index is 3410. The van der Waals surface area contributed by atoms with Crippen LogP contribution < -0.4 is 21.3 Å². The highest BCUT2D eigenvalue weighted by molar-refractivity contribution is 5.84. The van der Waals surface area contributed by atoms with Gasteiger partial charge in [0.2, 0.25) is 23.6 Å². The summed E-state index contributed by atoms with van der Waals surface area (Å²) >= 11 is 0. The summed E-state index contributed by atoms with van der Waals surface area (Å²) in [6.07, 6.45) is 8.88. The van der Waals surface area contributed by atoms with Crippen molar-refractivity contribution in [2.24, 2.45) is 21.7 Å². The van der Waals surface area contributed by atoms with E-state index in [0.717, 1.165) is 60.8 Å². The van der Waals surface area contributed by atoms with E-state index < -0.39 is 16.2 Å². The number of carbonyl (C=O) groups is 6. The minimum atomic E-state index is -0.401. The van der Waals surface area contributed by atoms with Gasteiger partial charge in [-0.15, -0.1) is 0 Å². The van der Waals surface area contributed by atoms with Crippen molar-refractivity contribution >= 4 is 35.7 Å². The molecule has 0 spiro atoms. The molecule has 20 heteroatoms. The minimum absolute atomic E-state index is 0.0251. The maximum absolute atomic E-state index is 13.5. The Kier molecular flexibility index (Phi) is 42.3. The van der Waals surface area contributed by atoms with E-state index in [1.807, 2.05) is 230 Å². The number of nitrogens with zero attached hydrogens (tertiary/aromatic N) is 4. The molecule has 0 saturated heterocycles. The molecule has 1 aliphatic carbocycles. The molecule has 0 heterocycles. The van der Waals surface area contributed by atoms with E-state index in [2.05, 4.69) is 21.3 Å². The molecule has 18 nitrogen and oxygen atoms in total. The monoisotopic (exact) mass is 1470 g/mol. The zero-order valence-corrected chi connectivity index (χ0v) is 67.0. The Hall–Kier alpha value is -8.56. The predicted octanol–water partition coefficient (Wildman–Crippen LogP) is 16.1. The van der Waals surface area contributed by atoms with E-state index in [-0.39, 0.29) is 115 Å². The van der Waals surface area contributed by atoms with Crippen molar-refractivity contribution in [3.8, 4) is 0 Å². The SMILES string of the molecule is CC(C)NC(=O)N(C)Cc1ccccc1F.CCC(C)(C)C(=O)N(C)C(CO)c1ccccc1.CCC(C)(C)C(=O)N(C)C(COC)c1ccccc1.CCC(C)(C)C(=O)N[C@@H](CO)c1ccccc1.CCC(C)(C)C(=O)N[C@@H](CO)c1ccccc1.CN(Cc1ccccc1F)C(=O)NC1CCCCC1. The number of aliphatic hydroxyl groups excluding tert-OH is 3. The molecule has 1 fully saturated rings. The largest absolute Gasteiger partial charge is 0.394 e. The molecule has 1 aliphatic rings. The van der Waals surface area contributed by atoms with Gasteiger partial charge in [-0.1, -0.05) is 260 Å². The second-order valence-corrected chi connectivity index (χ2v) is 29.8. The van der Waals surface area contributed by atoms with Gasteiger partial charge < -0.3 is 60.9 Å². The first-order valence-corrected chi connectivity index (χ1v) is 37.2. The number of hydrogen-bond acceptors (Lipinski definition) is 10. The number of likely N-dealkylation sites (N-methyl/N-ethyl adjacent to an activating group) is 2. The van der Waals surface area contributed by atoms with Crippen LogP contribution in [0.1, 0.15) is 212 Å². The average Bonchev–Trinajstić information content (AvgIpc) is 0.829. The smallest absolute Gasteiger partial charge is 0.317 e. The minimum Gasteiger partial charge on any atom is -0.394 e. The van der Waals surface area contributed by atoms with Crippen molar-refractivity contribution in [2.45, 2.75) is 204 Å². The van der Waals surface area contributed by atoms with Crippen LogP contribution in [0.15, 0.2) is 170 Å². The van der Waals surface area contributed by atoms with E-state index in [9.17, 15) is 52.9 Å². The maximum Gasteiger partial charge on any atom is 0.317 e. The quantitative estimate of drug-likeness (QED) is 0.0258. The van der Waals surface area contributed by atoms with Crippen LogP contribution in [0, 0.1) is 33.3 Å². The first-order chi connectivity index (χ1) is 50.1. The number of methoxy groups -OCH3 is 1. The van der Waals surface area contributed by atoms with Crippen molar-refractivity contribution < 1.29 is 57.6 Å². The van der Waals surface area contributed by atoms with Gasteiger partial charge in [-0.25, -0.2) is 18.4 Å². The summed E-state index contributed by atoms with van der Waals surface area (Å²) in [7, 11) is 8.62. The highest BCUT2D eigenvalue weighted by Gasteiger charge is 2.35. The Morgan fingerprint density at radius 1 is 0.443 bits per heavy atom. The van der Waals surface area contributed by atoms with Crippen molar-refractivity contribution in [1.82, 2.24) is 40.9 Å². The van der Waals surface area contributed by atoms with Crippen LogP contribution in [0.25, 0.3) is 0 Å². The zero-order chi connectivity index (χ0) is 79.8. The summed E-state index contributed by atoms with van der Waals surface area (Å²) in [5, 5.41) is 39.8. The van der Waals surface area contributed by atoms with Gasteiger partial charge in [-0.3, -0.25) is 19.2 Å². The lowest BCUT2D eigenvalue weighted by molar-refractivity contribution is -0.143. The molecule has 6 aromatic rings. The van der Waals surface area contributed by atoms with Crippen molar-refractivity contribution in [2.75, 3.05) is 61.7 Å². The third-order valence-corrected chi connectivity index (χ3v) is 19.5. The summed E-state index contributed by atoms with van der Waals surface area (Å²) in [6, 6.07) is 50.8. The van der Waals surface area contributed by atoms with Gasteiger partial charge >= 0.3 is 12.1 Å². The highest BCUT2D eigenvalue weighted by Crippen LogP contribution is 2.31. The summed E-state index contributed by atoms with van der Waals surface area (Å²) < 4.78 is 32.1. The van der Waals surface area contributed by atoms with Crippen LogP contribution in [-0.4, -0.2) is 144 Å². The molecule has 7 N–H and O–H groups in total. The highest BCUT2D eigenvalue weighted by atomic mass is 19.1. The van der Waals surface area contributed by atoms with Gasteiger partial charge in [0, 0.05) is 93.3 Å². The Morgan fingerprint density at radius 3 is 1.08 bits per heavy atom. The number of benzene rings is 6. The number of aliphatic hydroxyl groups is 3. The average molecular weight is 1470 g/mol. The van der Waals surface area contributed by atoms with Crippen molar-refractivity contribution in [3.63, 3.8) is 0 Å². The van der Waals surface area contributed by atoms with Gasteiger partial charge in [-0.2, -0.15) is 0 Å². The molecule has 1 saturated carbocycles. The second kappa shape index (κ2) is 47.9. The third-order valence-electron chi connectivity index (χ3n) is 19.5. The molecule has 6 aromatic carbocycles. The van der Waals surface area contributed by atoms with Gasteiger partial charge in [0.25, 0.3) is 0 Å². The Balaban J connectivity index is 0.000000433. The zero-order valence-electron chi connectivity index (χ0n) is 67.0. The van der Waals surface area contributed by atoms with Crippen LogP contribution in [-0.2, 0) is 37.0 Å². The fraction of sp³-hybridized carbons (Fsp3) is 0.512. The molecule has 0 radical (unpaired) electrons. The molecule has 106 heavy (non-hydrogen) atoms. The summed E-state index contributed by atoms with van der Waals surface area (Å²) in [5.41, 5.74) is 3.45. The second-order valence-electron chi connectivity index (χ2n) is 29.8. The van der Waals surface area contributed by atoms with E-state index in [0.29, 0.717) is 24.3 Å². The van der Waals surface area contributed by atoms with Crippen LogP contribution in [0.4, 0.5) is 18.4 Å². The number of urea groups is 2. The molecular weight excluding hydrogens is 1340 g/mol. The summed E-state index contributed by atoms with van der Waals surface area (Å²) in [4.78, 5) is 79.0. The Morgan fingerprint density at radius 2 is 0.764 bits per heavy atom. The number of halogens is 2. The molecule has 7 rings (SSSR count). The van der Waals surface area contributed by atoms with E-state index in [1.54, 1.807) is 69.6 Å². The number of hydrogen-bond donors (Lipinski definition) is 7. The first-order valence-electron chi connectivity index (χ1n) is 37.2. The topological polar surface area (TPSA) is 233 Å². The Labute approximate surface area is 633 Å². The molecule has 4 atom stereocenters. The van der Waals surface area contributed by atoms with Crippen LogP contribution >= 0.6 is 0 Å². The maximum atomic E-state index is 13.5. The third kappa shape index (κ3) is 32.3. The van der Waals surface area contributed by atoms with Crippen LogP contribution in [0.3, 0.4) is 0 Å². The molecule has 586 valence electrons. The van der Waals surface area contributed by atoms with Gasteiger partial charge in [0.1, 0.15) is 11.6 Å². The number of rotatable bonds is 27. The lowest BCUT2D eigenvalue weighted by atomic mass is 9.88. The number of carbonyl (C=O) groups excluding carboxylic acids is 6. The predicted molar refractivity (Wildman–Crippen MR) is 423 cm³/mol. The van der Waals surface area contributed by atoms with Gasteiger partial charge in [0.15, 0.2) is 0 Å². The van der Waals surface area contributed by atoms with Crippen molar-refractivity contribution in [1.29, 1.82) is 0 Å². The van der Waals surface area contributed by atoms with Crippen LogP contribution in [0.5, 0.6) is 0 Å². The lowest BCUT2D eigenvalue weighted by Crippen LogP contribution is -2.43. The molecule has 0 aromatic heterocycles. The van der Waals surface area contributed by atoms with E-state index in [4.69, 9.17) is 4.74 Å².